The van der Waals surface area contributed by atoms with Gasteiger partial charge in [-0.15, -0.1) is 4.52 Å². The minimum absolute atomic E-state index is 0.0622. The van der Waals surface area contributed by atoms with Crippen LogP contribution in [0.25, 0.3) is 0 Å². The fourth-order valence-electron chi connectivity index (χ4n) is 4.14. The minimum Gasteiger partial charge on any atom is -0.474 e. The number of rotatable bonds is 26. The van der Waals surface area contributed by atoms with E-state index < -0.39 is 36.4 Å². The van der Waals surface area contributed by atoms with Gasteiger partial charge in [-0.2, -0.15) is 0 Å². The number of ether oxygens (including phenoxy) is 1. The smallest absolute Gasteiger partial charge is 0.474 e. The molecule has 36 heavy (non-hydrogen) atoms. The molecule has 0 amide bonds. The van der Waals surface area contributed by atoms with E-state index in [-0.39, 0.29) is 11.9 Å². The molecule has 2 N–H and O–H groups in total. The molecule has 0 rings (SSSR count). The van der Waals surface area contributed by atoms with Crippen molar-refractivity contribution >= 4 is 24.8 Å². The predicted molar refractivity (Wildman–Crippen MR) is 149 cm³/mol. The van der Waals surface area contributed by atoms with Gasteiger partial charge in [-0.25, -0.2) is 4.79 Å². The summed E-state index contributed by atoms with van der Waals surface area (Å²) in [5, 5.41) is 19.4. The van der Waals surface area contributed by atoms with E-state index in [2.05, 4.69) is 13.8 Å². The van der Waals surface area contributed by atoms with Gasteiger partial charge in [0.25, 0.3) is 0 Å². The highest BCUT2D eigenvalue weighted by molar-refractivity contribution is 7.85. The number of aliphatic hydroxyl groups is 1. The average molecular weight is 554 g/mol. The molecule has 7 nitrogen and oxygen atoms in total. The van der Waals surface area contributed by atoms with E-state index in [1.807, 2.05) is 0 Å². The highest BCUT2D eigenvalue weighted by Crippen LogP contribution is 2.42. The molecule has 0 aromatic rings. The second-order valence-corrected chi connectivity index (χ2v) is 12.9. The standard InChI is InChI=1S/C27H53O7PS/c1-5-8-10-12-14-15-16-18-20-23-36(32)25(21-19-17-13-11-9-6-2)24(4)34-35(31)27(30,26(28)29)33-22-7-3/h24-25,30H,5-23H2,1-4H3/p+1. The van der Waals surface area contributed by atoms with Crippen LogP contribution in [0.5, 0.6) is 0 Å². The van der Waals surface area contributed by atoms with E-state index in [0.29, 0.717) is 18.6 Å². The van der Waals surface area contributed by atoms with Gasteiger partial charge in [0.05, 0.1) is 11.9 Å². The lowest BCUT2D eigenvalue weighted by molar-refractivity contribution is -0.192. The van der Waals surface area contributed by atoms with Crippen molar-refractivity contribution in [3.05, 3.63) is 0 Å². The maximum Gasteiger partial charge on any atom is 0.589 e. The Labute approximate surface area is 223 Å². The second-order valence-electron chi connectivity index (χ2n) is 9.84. The first-order valence-electron chi connectivity index (χ1n) is 14.3. The summed E-state index contributed by atoms with van der Waals surface area (Å²) in [5.74, 6) is -1.19. The summed E-state index contributed by atoms with van der Waals surface area (Å²) in [6.45, 7) is 7.76. The number of carbonyl (C=O) groups is 1. The van der Waals surface area contributed by atoms with E-state index >= 15 is 0 Å². The third kappa shape index (κ3) is 15.8. The Kier molecular flexibility index (Phi) is 22.3. The molecule has 0 saturated carbocycles. The largest absolute Gasteiger partial charge is 0.589 e. The summed E-state index contributed by atoms with van der Waals surface area (Å²) >= 11 is 0. The molecule has 9 heteroatoms. The molecule has 5 unspecified atom stereocenters. The number of unbranched alkanes of at least 4 members (excludes halogenated alkanes) is 13. The first kappa shape index (κ1) is 35.6. The van der Waals surface area contributed by atoms with Crippen molar-refractivity contribution < 1.29 is 33.0 Å². The fraction of sp³-hybridized carbons (Fsp3) is 0.963. The molecule has 0 fully saturated rings. The Hall–Kier alpha value is -0.400. The van der Waals surface area contributed by atoms with E-state index in [0.717, 1.165) is 38.5 Å². The molecule has 0 aliphatic heterocycles. The lowest BCUT2D eigenvalue weighted by Crippen LogP contribution is -2.40. The summed E-state index contributed by atoms with van der Waals surface area (Å²) < 4.78 is 36.4. The molecule has 0 saturated heterocycles. The molecule has 0 aromatic carbocycles. The number of carboxylic acids is 1. The van der Waals surface area contributed by atoms with Gasteiger partial charge < -0.3 is 10.2 Å². The van der Waals surface area contributed by atoms with Crippen molar-refractivity contribution in [1.29, 1.82) is 0 Å². The number of aliphatic carboxylic acids is 1. The Bertz CT molecular complexity index is 605. The first-order valence-corrected chi connectivity index (χ1v) is 16.9. The summed E-state index contributed by atoms with van der Waals surface area (Å²) in [5.41, 5.74) is -2.90. The molecule has 0 heterocycles. The van der Waals surface area contributed by atoms with Crippen LogP contribution in [0, 0.1) is 0 Å². The SMILES string of the molecule is CCCCCCCCCCCS(=O)C(CCCCCCCC)C(C)O[P+](=O)C(O)(OCCC)C(=O)O. The Morgan fingerprint density at radius 1 is 0.833 bits per heavy atom. The zero-order valence-corrected chi connectivity index (χ0v) is 25.1. The molecular weight excluding hydrogens is 499 g/mol. The van der Waals surface area contributed by atoms with Gasteiger partial charge >= 0.3 is 19.5 Å². The highest BCUT2D eigenvalue weighted by Gasteiger charge is 2.61. The van der Waals surface area contributed by atoms with E-state index in [1.54, 1.807) is 13.8 Å². The highest BCUT2D eigenvalue weighted by atomic mass is 32.2. The van der Waals surface area contributed by atoms with Gasteiger partial charge in [0.2, 0.25) is 0 Å². The molecule has 0 aliphatic rings. The molecule has 5 atom stereocenters. The zero-order chi connectivity index (χ0) is 27.2. The van der Waals surface area contributed by atoms with E-state index in [9.17, 15) is 23.8 Å². The normalized spacial score (nSPS) is 16.3. The third-order valence-corrected chi connectivity index (χ3v) is 9.77. The predicted octanol–water partition coefficient (Wildman–Crippen LogP) is 7.69. The van der Waals surface area contributed by atoms with E-state index in [1.165, 1.54) is 57.8 Å². The van der Waals surface area contributed by atoms with Crippen LogP contribution in [0.15, 0.2) is 0 Å². The van der Waals surface area contributed by atoms with Crippen molar-refractivity contribution in [2.45, 2.75) is 154 Å². The van der Waals surface area contributed by atoms with Gasteiger partial charge in [0, 0.05) is 16.6 Å². The van der Waals surface area contributed by atoms with Crippen LogP contribution in [0.2, 0.25) is 0 Å². The van der Waals surface area contributed by atoms with Crippen LogP contribution in [0.1, 0.15) is 137 Å². The van der Waals surface area contributed by atoms with Crippen LogP contribution in [-0.2, 0) is 29.4 Å². The molecule has 0 aliphatic carbocycles. The molecular formula is C27H54O7PS+. The molecule has 0 spiro atoms. The summed E-state index contributed by atoms with van der Waals surface area (Å²) in [6, 6.07) is 0. The lowest BCUT2D eigenvalue weighted by atomic mass is 10.1. The number of carboxylic acid groups (broad SMARTS) is 1. The number of hydrogen-bond acceptors (Lipinski definition) is 6. The van der Waals surface area contributed by atoms with E-state index in [4.69, 9.17) is 9.26 Å². The van der Waals surface area contributed by atoms with Crippen molar-refractivity contribution in [1.82, 2.24) is 0 Å². The van der Waals surface area contributed by atoms with Crippen LogP contribution >= 0.6 is 8.03 Å². The fourth-order valence-corrected chi connectivity index (χ4v) is 6.87. The molecule has 214 valence electrons. The zero-order valence-electron chi connectivity index (χ0n) is 23.4. The number of hydrogen-bond donors (Lipinski definition) is 2. The van der Waals surface area contributed by atoms with Gasteiger partial charge in [0.15, 0.2) is 0 Å². The second kappa shape index (κ2) is 22.6. The Morgan fingerprint density at radius 3 is 1.78 bits per heavy atom. The molecule has 0 aromatic heterocycles. The molecule has 0 radical (unpaired) electrons. The quantitative estimate of drug-likeness (QED) is 0.0642. The van der Waals surface area contributed by atoms with Crippen LogP contribution in [0.4, 0.5) is 0 Å². The van der Waals surface area contributed by atoms with Gasteiger partial charge in [0.1, 0.15) is 6.10 Å². The van der Waals surface area contributed by atoms with Crippen molar-refractivity contribution in [3.63, 3.8) is 0 Å². The maximum atomic E-state index is 13.2. The van der Waals surface area contributed by atoms with Gasteiger partial charge in [-0.05, 0) is 30.8 Å². The molecule has 0 bridgehead atoms. The monoisotopic (exact) mass is 553 g/mol. The Morgan fingerprint density at radius 2 is 1.31 bits per heavy atom. The summed E-state index contributed by atoms with van der Waals surface area (Å²) in [7, 11) is -4.27. The van der Waals surface area contributed by atoms with Crippen LogP contribution in [0.3, 0.4) is 0 Å². The van der Waals surface area contributed by atoms with Gasteiger partial charge in [-0.1, -0.05) is 111 Å². The topological polar surface area (TPSA) is 110 Å². The van der Waals surface area contributed by atoms with Crippen molar-refractivity contribution in [2.24, 2.45) is 0 Å². The average Bonchev–Trinajstić information content (AvgIpc) is 2.85. The first-order chi connectivity index (χ1) is 17.2. The lowest BCUT2D eigenvalue weighted by Gasteiger charge is -2.21. The summed E-state index contributed by atoms with van der Waals surface area (Å²) in [4.78, 5) is 11.6. The van der Waals surface area contributed by atoms with Crippen molar-refractivity contribution in [3.8, 4) is 0 Å². The Balaban J connectivity index is 4.87. The van der Waals surface area contributed by atoms with Gasteiger partial charge in [-0.3, -0.25) is 8.95 Å². The van der Waals surface area contributed by atoms with Crippen molar-refractivity contribution in [2.75, 3.05) is 12.4 Å². The maximum absolute atomic E-state index is 13.2. The third-order valence-electron chi connectivity index (χ3n) is 6.45. The van der Waals surface area contributed by atoms with Crippen LogP contribution < -0.4 is 0 Å². The van der Waals surface area contributed by atoms with Crippen LogP contribution in [-0.4, -0.2) is 49.6 Å². The minimum atomic E-state index is -3.08. The summed E-state index contributed by atoms with van der Waals surface area (Å²) in [6.07, 6.45) is 17.7.